The van der Waals surface area contributed by atoms with Gasteiger partial charge in [0.2, 0.25) is 0 Å². The first-order chi connectivity index (χ1) is 13.5. The summed E-state index contributed by atoms with van der Waals surface area (Å²) in [6.45, 7) is 9.78. The van der Waals surface area contributed by atoms with Gasteiger partial charge in [-0.3, -0.25) is 9.69 Å². The molecule has 0 aliphatic rings. The summed E-state index contributed by atoms with van der Waals surface area (Å²) >= 11 is 3.24. The predicted octanol–water partition coefficient (Wildman–Crippen LogP) is 5.32. The van der Waals surface area contributed by atoms with Gasteiger partial charge in [-0.05, 0) is 62.2 Å². The number of likely N-dealkylation sites (N-methyl/N-ethyl adjacent to an activating group) is 1. The fraction of sp³-hybridized carbons (Fsp3) is 0.364. The Morgan fingerprint density at radius 2 is 1.89 bits per heavy atom. The van der Waals surface area contributed by atoms with Gasteiger partial charge in [0.1, 0.15) is 0 Å². The maximum atomic E-state index is 13.4. The molecular formula is C22H27N3OS2. The van der Waals surface area contributed by atoms with Crippen molar-refractivity contribution in [1.82, 2.24) is 9.88 Å². The number of aromatic nitrogens is 1. The van der Waals surface area contributed by atoms with E-state index in [4.69, 9.17) is 4.98 Å². The molecule has 0 aliphatic carbocycles. The molecule has 0 saturated heterocycles. The highest BCUT2D eigenvalue weighted by atomic mass is 32.2. The number of benzene rings is 2. The third-order valence-electron chi connectivity index (χ3n) is 4.86. The third kappa shape index (κ3) is 4.74. The van der Waals surface area contributed by atoms with Crippen molar-refractivity contribution in [3.8, 4) is 0 Å². The van der Waals surface area contributed by atoms with E-state index in [0.717, 1.165) is 39.9 Å². The van der Waals surface area contributed by atoms with Gasteiger partial charge in [0, 0.05) is 23.5 Å². The number of thiazole rings is 1. The summed E-state index contributed by atoms with van der Waals surface area (Å²) in [5.74, 6) is 0.0128. The Morgan fingerprint density at radius 3 is 2.61 bits per heavy atom. The highest BCUT2D eigenvalue weighted by Gasteiger charge is 2.22. The number of carbonyl (C=O) groups is 1. The van der Waals surface area contributed by atoms with E-state index >= 15 is 0 Å². The lowest BCUT2D eigenvalue weighted by molar-refractivity contribution is 0.0983. The van der Waals surface area contributed by atoms with Crippen LogP contribution in [0.15, 0.2) is 47.4 Å². The third-order valence-corrected chi connectivity index (χ3v) is 6.63. The van der Waals surface area contributed by atoms with Crippen LogP contribution in [-0.4, -0.2) is 48.2 Å². The molecule has 0 spiro atoms. The smallest absolute Gasteiger partial charge is 0.260 e. The summed E-state index contributed by atoms with van der Waals surface area (Å²) in [5.41, 5.74) is 2.86. The number of carbonyl (C=O) groups excluding carboxylic acids is 1. The van der Waals surface area contributed by atoms with E-state index in [2.05, 4.69) is 37.8 Å². The Morgan fingerprint density at radius 1 is 1.11 bits per heavy atom. The van der Waals surface area contributed by atoms with Crippen LogP contribution in [0.5, 0.6) is 0 Å². The fourth-order valence-electron chi connectivity index (χ4n) is 3.11. The second-order valence-electron chi connectivity index (χ2n) is 6.68. The van der Waals surface area contributed by atoms with Gasteiger partial charge in [-0.2, -0.15) is 0 Å². The number of fused-ring (bicyclic) bond motifs is 1. The topological polar surface area (TPSA) is 36.4 Å². The van der Waals surface area contributed by atoms with Crippen molar-refractivity contribution < 1.29 is 4.79 Å². The first kappa shape index (κ1) is 20.8. The molecule has 6 heteroatoms. The minimum Gasteiger partial charge on any atom is -0.302 e. The molecule has 0 aliphatic heterocycles. The van der Waals surface area contributed by atoms with E-state index in [1.165, 1.54) is 5.56 Å². The number of hydrogen-bond donors (Lipinski definition) is 0. The van der Waals surface area contributed by atoms with Crippen molar-refractivity contribution in [3.05, 3.63) is 53.6 Å². The second-order valence-corrected chi connectivity index (χ2v) is 8.57. The van der Waals surface area contributed by atoms with Gasteiger partial charge >= 0.3 is 0 Å². The lowest BCUT2D eigenvalue weighted by Crippen LogP contribution is -2.38. The van der Waals surface area contributed by atoms with Crippen LogP contribution in [-0.2, 0) is 0 Å². The van der Waals surface area contributed by atoms with E-state index < -0.39 is 0 Å². The summed E-state index contributed by atoms with van der Waals surface area (Å²) in [5, 5.41) is 0.771. The molecule has 3 aromatic rings. The molecule has 0 N–H and O–H groups in total. The molecule has 1 amide bonds. The molecule has 0 fully saturated rings. The van der Waals surface area contributed by atoms with Crippen molar-refractivity contribution in [2.24, 2.45) is 0 Å². The van der Waals surface area contributed by atoms with Gasteiger partial charge in [0.05, 0.1) is 10.2 Å². The molecule has 148 valence electrons. The van der Waals surface area contributed by atoms with Crippen molar-refractivity contribution in [3.63, 3.8) is 0 Å². The molecular weight excluding hydrogens is 386 g/mol. The zero-order valence-electron chi connectivity index (χ0n) is 16.9. The summed E-state index contributed by atoms with van der Waals surface area (Å²) in [7, 11) is 0. The van der Waals surface area contributed by atoms with Gasteiger partial charge in [-0.15, -0.1) is 11.8 Å². The molecule has 0 radical (unpaired) electrons. The average molecular weight is 414 g/mol. The van der Waals surface area contributed by atoms with Gasteiger partial charge in [-0.1, -0.05) is 37.3 Å². The lowest BCUT2D eigenvalue weighted by atomic mass is 10.2. The van der Waals surface area contributed by atoms with Crippen LogP contribution >= 0.6 is 23.1 Å². The second kappa shape index (κ2) is 9.54. The van der Waals surface area contributed by atoms with Gasteiger partial charge in [0.15, 0.2) is 5.13 Å². The maximum Gasteiger partial charge on any atom is 0.260 e. The monoisotopic (exact) mass is 413 g/mol. The Labute approximate surface area is 175 Å². The summed E-state index contributed by atoms with van der Waals surface area (Å²) in [6, 6.07) is 14.1. The van der Waals surface area contributed by atoms with Crippen molar-refractivity contribution in [2.45, 2.75) is 25.7 Å². The van der Waals surface area contributed by atoms with Crippen LogP contribution in [0.25, 0.3) is 10.2 Å². The number of nitrogens with zero attached hydrogens (tertiary/aromatic N) is 3. The normalized spacial score (nSPS) is 11.3. The van der Waals surface area contributed by atoms with E-state index in [0.29, 0.717) is 12.1 Å². The average Bonchev–Trinajstić information content (AvgIpc) is 3.13. The van der Waals surface area contributed by atoms with Crippen molar-refractivity contribution >= 4 is 44.4 Å². The Balaban J connectivity index is 1.96. The molecule has 28 heavy (non-hydrogen) atoms. The molecule has 0 bridgehead atoms. The predicted molar refractivity (Wildman–Crippen MR) is 122 cm³/mol. The largest absolute Gasteiger partial charge is 0.302 e. The van der Waals surface area contributed by atoms with Crippen molar-refractivity contribution in [1.29, 1.82) is 0 Å². The minimum absolute atomic E-state index is 0.0128. The standard InChI is InChI=1S/C22H27N3OS2/c1-5-24(6-2)12-13-25(21(26)17-8-7-9-18(15-17)27-4)22-23-19-11-10-16(3)14-20(19)28-22/h7-11,14-15H,5-6,12-13H2,1-4H3. The number of rotatable bonds is 8. The maximum absolute atomic E-state index is 13.4. The number of amides is 1. The lowest BCUT2D eigenvalue weighted by Gasteiger charge is -2.24. The fourth-order valence-corrected chi connectivity index (χ4v) is 4.66. The van der Waals surface area contributed by atoms with Crippen LogP contribution in [0, 0.1) is 6.92 Å². The molecule has 2 aromatic carbocycles. The molecule has 1 heterocycles. The van der Waals surface area contributed by atoms with E-state index in [-0.39, 0.29) is 5.91 Å². The number of thioether (sulfide) groups is 1. The van der Waals surface area contributed by atoms with Crippen LogP contribution in [0.2, 0.25) is 0 Å². The SMILES string of the molecule is CCN(CC)CCN(C(=O)c1cccc(SC)c1)c1nc2ccc(C)cc2s1. The Hall–Kier alpha value is -1.89. The molecule has 4 nitrogen and oxygen atoms in total. The molecule has 3 rings (SSSR count). The highest BCUT2D eigenvalue weighted by Crippen LogP contribution is 2.30. The van der Waals surface area contributed by atoms with Gasteiger partial charge in [0.25, 0.3) is 5.91 Å². The van der Waals surface area contributed by atoms with Gasteiger partial charge in [-0.25, -0.2) is 4.98 Å². The molecule has 1 aromatic heterocycles. The summed E-state index contributed by atoms with van der Waals surface area (Å²) in [4.78, 5) is 23.5. The van der Waals surface area contributed by atoms with Crippen LogP contribution in [0.3, 0.4) is 0 Å². The Kier molecular flexibility index (Phi) is 7.10. The van der Waals surface area contributed by atoms with Crippen LogP contribution in [0.1, 0.15) is 29.8 Å². The van der Waals surface area contributed by atoms with E-state index in [9.17, 15) is 4.79 Å². The zero-order valence-corrected chi connectivity index (χ0v) is 18.6. The molecule has 0 unspecified atom stereocenters. The van der Waals surface area contributed by atoms with E-state index in [1.807, 2.05) is 41.5 Å². The highest BCUT2D eigenvalue weighted by molar-refractivity contribution is 7.98. The summed E-state index contributed by atoms with van der Waals surface area (Å²) < 4.78 is 1.12. The van der Waals surface area contributed by atoms with Gasteiger partial charge < -0.3 is 4.90 Å². The minimum atomic E-state index is 0.0128. The molecule has 0 atom stereocenters. The Bertz CT molecular complexity index is 950. The van der Waals surface area contributed by atoms with Crippen LogP contribution in [0.4, 0.5) is 5.13 Å². The molecule has 0 saturated carbocycles. The van der Waals surface area contributed by atoms with Crippen molar-refractivity contribution in [2.75, 3.05) is 37.3 Å². The van der Waals surface area contributed by atoms with E-state index in [1.54, 1.807) is 23.1 Å². The first-order valence-electron chi connectivity index (χ1n) is 9.61. The summed E-state index contributed by atoms with van der Waals surface area (Å²) in [6.07, 6.45) is 2.03. The number of aryl methyl sites for hydroxylation is 1. The first-order valence-corrected chi connectivity index (χ1v) is 11.6. The zero-order chi connectivity index (χ0) is 20.1. The number of anilines is 1. The quantitative estimate of drug-likeness (QED) is 0.469. The van der Waals surface area contributed by atoms with Crippen LogP contribution < -0.4 is 4.90 Å². The number of hydrogen-bond acceptors (Lipinski definition) is 5.